The Kier molecular flexibility index (Phi) is 6.85. The highest BCUT2D eigenvalue weighted by Crippen LogP contribution is 2.22. The number of carbonyl (C=O) groups is 1. The van der Waals surface area contributed by atoms with Gasteiger partial charge in [0, 0.05) is 6.42 Å². The fourth-order valence-corrected chi connectivity index (χ4v) is 3.91. The van der Waals surface area contributed by atoms with E-state index >= 15 is 0 Å². The van der Waals surface area contributed by atoms with Crippen LogP contribution in [-0.2, 0) is 17.8 Å². The summed E-state index contributed by atoms with van der Waals surface area (Å²) in [5.74, 6) is 1.75. The van der Waals surface area contributed by atoms with Crippen LogP contribution in [0, 0.1) is 6.92 Å². The maximum absolute atomic E-state index is 12.6. The molecule has 0 radical (unpaired) electrons. The van der Waals surface area contributed by atoms with Crippen molar-refractivity contribution in [2.45, 2.75) is 39.3 Å². The van der Waals surface area contributed by atoms with Crippen molar-refractivity contribution in [3.63, 3.8) is 0 Å². The van der Waals surface area contributed by atoms with Crippen LogP contribution in [0.15, 0.2) is 78.9 Å². The second-order valence-corrected chi connectivity index (χ2v) is 8.00. The van der Waals surface area contributed by atoms with Crippen LogP contribution in [-0.4, -0.2) is 22.1 Å². The molecule has 1 aromatic heterocycles. The summed E-state index contributed by atoms with van der Waals surface area (Å²) in [6, 6.07) is 25.9. The first-order valence-electron chi connectivity index (χ1n) is 11.1. The summed E-state index contributed by atoms with van der Waals surface area (Å²) in [5.41, 5.74) is 4.24. The molecule has 3 aromatic carbocycles. The molecule has 1 amide bonds. The molecule has 0 spiro atoms. The topological polar surface area (TPSA) is 56.1 Å². The van der Waals surface area contributed by atoms with Gasteiger partial charge in [0.1, 0.15) is 18.2 Å². The third-order valence-corrected chi connectivity index (χ3v) is 5.60. The third-order valence-electron chi connectivity index (χ3n) is 5.60. The Labute approximate surface area is 189 Å². The van der Waals surface area contributed by atoms with Crippen molar-refractivity contribution < 1.29 is 9.53 Å². The maximum Gasteiger partial charge on any atom is 0.220 e. The van der Waals surface area contributed by atoms with E-state index in [0.29, 0.717) is 19.6 Å². The van der Waals surface area contributed by atoms with Gasteiger partial charge in [-0.3, -0.25) is 4.79 Å². The first kappa shape index (κ1) is 21.6. The van der Waals surface area contributed by atoms with Gasteiger partial charge in [0.2, 0.25) is 5.91 Å². The molecule has 4 aromatic rings. The minimum atomic E-state index is -0.205. The Morgan fingerprint density at radius 3 is 2.53 bits per heavy atom. The molecule has 0 aliphatic heterocycles. The van der Waals surface area contributed by atoms with E-state index in [0.717, 1.165) is 40.2 Å². The number of aryl methyl sites for hydroxylation is 2. The molecule has 0 aliphatic rings. The number of amides is 1. The van der Waals surface area contributed by atoms with Crippen molar-refractivity contribution in [3.05, 3.63) is 95.8 Å². The lowest BCUT2D eigenvalue weighted by Gasteiger charge is -2.17. The predicted molar refractivity (Wildman–Crippen MR) is 128 cm³/mol. The largest absolute Gasteiger partial charge is 0.491 e. The summed E-state index contributed by atoms with van der Waals surface area (Å²) in [6.45, 7) is 5.20. The second kappa shape index (κ2) is 10.1. The van der Waals surface area contributed by atoms with Crippen molar-refractivity contribution in [3.8, 4) is 5.75 Å². The molecule has 0 saturated heterocycles. The van der Waals surface area contributed by atoms with Crippen LogP contribution >= 0.6 is 0 Å². The lowest BCUT2D eigenvalue weighted by Crippen LogP contribution is -2.29. The molecule has 5 heteroatoms. The average Bonchev–Trinajstić information content (AvgIpc) is 3.18. The van der Waals surface area contributed by atoms with E-state index in [1.807, 2.05) is 86.6 Å². The van der Waals surface area contributed by atoms with Crippen molar-refractivity contribution in [1.29, 1.82) is 0 Å². The number of imidazole rings is 1. The van der Waals surface area contributed by atoms with Gasteiger partial charge in [0.15, 0.2) is 0 Å². The maximum atomic E-state index is 12.6. The average molecular weight is 428 g/mol. The van der Waals surface area contributed by atoms with Crippen LogP contribution < -0.4 is 10.1 Å². The number of nitrogens with one attached hydrogen (secondary N) is 1. The van der Waals surface area contributed by atoms with Gasteiger partial charge in [-0.25, -0.2) is 4.98 Å². The zero-order valence-corrected chi connectivity index (χ0v) is 18.6. The number of ether oxygens (including phenoxy) is 1. The van der Waals surface area contributed by atoms with Crippen molar-refractivity contribution >= 4 is 16.9 Å². The molecule has 0 aliphatic carbocycles. The summed E-state index contributed by atoms with van der Waals surface area (Å²) in [7, 11) is 0. The highest BCUT2D eigenvalue weighted by atomic mass is 16.5. The quantitative estimate of drug-likeness (QED) is 0.398. The van der Waals surface area contributed by atoms with E-state index in [9.17, 15) is 4.79 Å². The van der Waals surface area contributed by atoms with Crippen molar-refractivity contribution in [2.24, 2.45) is 0 Å². The standard InChI is InChI=1S/C27H29N3O2/c1-20-10-6-9-15-25(20)32-19-18-30-24-14-8-7-13-23(24)29-27(30)21(2)28-26(31)17-16-22-11-4-3-5-12-22/h3-15,21H,16-19H2,1-2H3,(H,28,31). The van der Waals surface area contributed by atoms with Gasteiger partial charge in [-0.15, -0.1) is 0 Å². The zero-order valence-electron chi connectivity index (χ0n) is 18.6. The Hall–Kier alpha value is -3.60. The number of rotatable bonds is 9. The van der Waals surface area contributed by atoms with Crippen LogP contribution in [0.25, 0.3) is 11.0 Å². The smallest absolute Gasteiger partial charge is 0.220 e. The third kappa shape index (κ3) is 5.17. The van der Waals surface area contributed by atoms with Crippen LogP contribution in [0.1, 0.15) is 36.3 Å². The van der Waals surface area contributed by atoms with Crippen LogP contribution in [0.4, 0.5) is 0 Å². The Morgan fingerprint density at radius 2 is 1.72 bits per heavy atom. The Balaban J connectivity index is 1.45. The number of fused-ring (bicyclic) bond motifs is 1. The summed E-state index contributed by atoms with van der Waals surface area (Å²) in [4.78, 5) is 17.4. The molecular formula is C27H29N3O2. The molecule has 1 heterocycles. The zero-order chi connectivity index (χ0) is 22.3. The van der Waals surface area contributed by atoms with E-state index in [2.05, 4.69) is 16.0 Å². The van der Waals surface area contributed by atoms with Gasteiger partial charge < -0.3 is 14.6 Å². The van der Waals surface area contributed by atoms with E-state index in [1.54, 1.807) is 0 Å². The van der Waals surface area contributed by atoms with Gasteiger partial charge in [0.05, 0.1) is 23.6 Å². The lowest BCUT2D eigenvalue weighted by molar-refractivity contribution is -0.121. The number of benzene rings is 3. The molecule has 32 heavy (non-hydrogen) atoms. The lowest BCUT2D eigenvalue weighted by atomic mass is 10.1. The van der Waals surface area contributed by atoms with E-state index in [1.165, 1.54) is 0 Å². The SMILES string of the molecule is Cc1ccccc1OCCn1c(C(C)NC(=O)CCc2ccccc2)nc2ccccc21. The molecule has 0 saturated carbocycles. The summed E-state index contributed by atoms with van der Waals surface area (Å²) in [5, 5.41) is 3.12. The summed E-state index contributed by atoms with van der Waals surface area (Å²) < 4.78 is 8.18. The van der Waals surface area contributed by atoms with E-state index in [-0.39, 0.29) is 11.9 Å². The van der Waals surface area contributed by atoms with Gasteiger partial charge >= 0.3 is 0 Å². The first-order valence-corrected chi connectivity index (χ1v) is 11.1. The number of hydrogen-bond acceptors (Lipinski definition) is 3. The number of nitrogens with zero attached hydrogens (tertiary/aromatic N) is 2. The highest BCUT2D eigenvalue weighted by molar-refractivity contribution is 5.78. The normalized spacial score (nSPS) is 11.9. The first-order chi connectivity index (χ1) is 15.6. The minimum absolute atomic E-state index is 0.0242. The number of para-hydroxylation sites is 3. The van der Waals surface area contributed by atoms with Crippen molar-refractivity contribution in [2.75, 3.05) is 6.61 Å². The van der Waals surface area contributed by atoms with E-state index in [4.69, 9.17) is 9.72 Å². The molecule has 1 unspecified atom stereocenters. The van der Waals surface area contributed by atoms with Gasteiger partial charge in [-0.05, 0) is 49.6 Å². The molecule has 0 bridgehead atoms. The molecule has 4 rings (SSSR count). The molecule has 0 fully saturated rings. The van der Waals surface area contributed by atoms with Crippen molar-refractivity contribution in [1.82, 2.24) is 14.9 Å². The molecule has 1 atom stereocenters. The number of aromatic nitrogens is 2. The molecule has 5 nitrogen and oxygen atoms in total. The summed E-state index contributed by atoms with van der Waals surface area (Å²) >= 11 is 0. The Bertz CT molecular complexity index is 1180. The van der Waals surface area contributed by atoms with E-state index < -0.39 is 0 Å². The number of hydrogen-bond donors (Lipinski definition) is 1. The van der Waals surface area contributed by atoms with Gasteiger partial charge in [0.25, 0.3) is 0 Å². The van der Waals surface area contributed by atoms with Crippen LogP contribution in [0.5, 0.6) is 5.75 Å². The number of carbonyl (C=O) groups excluding carboxylic acids is 1. The van der Waals surface area contributed by atoms with Crippen LogP contribution in [0.3, 0.4) is 0 Å². The summed E-state index contributed by atoms with van der Waals surface area (Å²) in [6.07, 6.45) is 1.17. The molecule has 1 N–H and O–H groups in total. The molecular weight excluding hydrogens is 398 g/mol. The fraction of sp³-hybridized carbons (Fsp3) is 0.259. The predicted octanol–water partition coefficient (Wildman–Crippen LogP) is 5.23. The second-order valence-electron chi connectivity index (χ2n) is 8.00. The van der Waals surface area contributed by atoms with Crippen LogP contribution in [0.2, 0.25) is 0 Å². The monoisotopic (exact) mass is 427 g/mol. The van der Waals surface area contributed by atoms with Gasteiger partial charge in [-0.2, -0.15) is 0 Å². The minimum Gasteiger partial charge on any atom is -0.491 e. The Morgan fingerprint density at radius 1 is 1.00 bits per heavy atom. The fourth-order valence-electron chi connectivity index (χ4n) is 3.91. The molecule has 164 valence electrons. The van der Waals surface area contributed by atoms with Gasteiger partial charge in [-0.1, -0.05) is 60.7 Å². The highest BCUT2D eigenvalue weighted by Gasteiger charge is 2.18.